The number of aliphatic hydroxyl groups excluding tert-OH is 4. The van der Waals surface area contributed by atoms with Crippen LogP contribution < -0.4 is 0 Å². The highest BCUT2D eigenvalue weighted by molar-refractivity contribution is 7.80. The highest BCUT2D eigenvalue weighted by Crippen LogP contribution is 2.69. The molecule has 0 aromatic heterocycles. The van der Waals surface area contributed by atoms with E-state index in [1.807, 2.05) is 19.9 Å². The molecule has 4 rings (SSSR count). The number of fused-ring (bicyclic) bond motifs is 5. The van der Waals surface area contributed by atoms with Gasteiger partial charge in [-0.2, -0.15) is 8.42 Å². The molecule has 208 valence electrons. The molecule has 4 fully saturated rings. The molecule has 0 heterocycles. The second kappa shape index (κ2) is 9.84. The maximum absolute atomic E-state index is 12.5. The van der Waals surface area contributed by atoms with Gasteiger partial charge < -0.3 is 30.6 Å². The molecule has 0 spiro atoms. The van der Waals surface area contributed by atoms with Crippen LogP contribution in [0.2, 0.25) is 0 Å². The van der Waals surface area contributed by atoms with Crippen molar-refractivity contribution in [3.63, 3.8) is 0 Å². The van der Waals surface area contributed by atoms with Crippen LogP contribution in [0.1, 0.15) is 65.2 Å². The Bertz CT molecular complexity index is 941. The molecule has 0 aromatic carbocycles. The van der Waals surface area contributed by atoms with E-state index in [9.17, 15) is 38.5 Å². The summed E-state index contributed by atoms with van der Waals surface area (Å²) in [5.74, 6) is -1.86. The molecule has 4 aliphatic carbocycles. The molecule has 36 heavy (non-hydrogen) atoms. The largest absolute Gasteiger partial charge is 0.397 e. The van der Waals surface area contributed by atoms with Crippen molar-refractivity contribution < 1.29 is 47.8 Å². The summed E-state index contributed by atoms with van der Waals surface area (Å²) in [6, 6.07) is 0. The van der Waals surface area contributed by atoms with E-state index in [1.165, 1.54) is 0 Å². The van der Waals surface area contributed by atoms with Crippen LogP contribution in [0.4, 0.5) is 0 Å². The third-order valence-electron chi connectivity index (χ3n) is 10.4. The fourth-order valence-corrected chi connectivity index (χ4v) is 9.37. The first kappa shape index (κ1) is 28.4. The van der Waals surface area contributed by atoms with Crippen LogP contribution in [0.15, 0.2) is 12.2 Å². The van der Waals surface area contributed by atoms with Crippen molar-refractivity contribution >= 4 is 10.4 Å². The summed E-state index contributed by atoms with van der Waals surface area (Å²) < 4.78 is 38.4. The Morgan fingerprint density at radius 2 is 1.78 bits per heavy atom. The Balaban J connectivity index is 1.74. The van der Waals surface area contributed by atoms with Gasteiger partial charge in [-0.25, -0.2) is 4.18 Å². The van der Waals surface area contributed by atoms with E-state index in [0.717, 1.165) is 0 Å². The molecule has 0 amide bonds. The smallest absolute Gasteiger partial charge is 0.393 e. The predicted octanol–water partition coefficient (Wildman–Crippen LogP) is 0.550. The first-order valence-corrected chi connectivity index (χ1v) is 14.5. The fourth-order valence-electron chi connectivity index (χ4n) is 8.86. The number of hydrogen-bond acceptors (Lipinski definition) is 9. The lowest BCUT2D eigenvalue weighted by Gasteiger charge is -2.66. The molecule has 0 radical (unpaired) electrons. The van der Waals surface area contributed by atoms with Gasteiger partial charge in [0.15, 0.2) is 0 Å². The van der Waals surface area contributed by atoms with Gasteiger partial charge in [0, 0.05) is 17.8 Å². The van der Waals surface area contributed by atoms with Crippen LogP contribution in [-0.2, 0) is 14.6 Å². The van der Waals surface area contributed by atoms with Crippen LogP contribution >= 0.6 is 0 Å². The second-order valence-corrected chi connectivity index (χ2v) is 13.0. The van der Waals surface area contributed by atoms with E-state index >= 15 is 0 Å². The van der Waals surface area contributed by atoms with Gasteiger partial charge in [-0.1, -0.05) is 26.0 Å². The molecule has 0 aliphatic heterocycles. The van der Waals surface area contributed by atoms with Crippen LogP contribution in [0.5, 0.6) is 0 Å². The zero-order valence-corrected chi connectivity index (χ0v) is 21.8. The number of aliphatic hydroxyl groups is 6. The third-order valence-corrected chi connectivity index (χ3v) is 10.9. The van der Waals surface area contributed by atoms with Crippen molar-refractivity contribution in [1.29, 1.82) is 0 Å². The maximum atomic E-state index is 12.5. The molecular weight excluding hydrogens is 492 g/mol. The first-order valence-electron chi connectivity index (χ1n) is 13.1. The quantitative estimate of drug-likeness (QED) is 0.180. The Morgan fingerprint density at radius 3 is 2.42 bits per heavy atom. The zero-order chi connectivity index (χ0) is 26.7. The molecule has 7 N–H and O–H groups in total. The van der Waals surface area contributed by atoms with Crippen molar-refractivity contribution in [2.45, 2.75) is 101 Å². The predicted molar refractivity (Wildman–Crippen MR) is 129 cm³/mol. The van der Waals surface area contributed by atoms with Gasteiger partial charge in [0.2, 0.25) is 0 Å². The summed E-state index contributed by atoms with van der Waals surface area (Å²) in [7, 11) is -4.96. The van der Waals surface area contributed by atoms with Gasteiger partial charge in [-0.15, -0.1) is 0 Å². The molecule has 4 saturated carbocycles. The van der Waals surface area contributed by atoms with E-state index in [0.29, 0.717) is 38.5 Å². The lowest BCUT2D eigenvalue weighted by molar-refractivity contribution is -0.319. The van der Waals surface area contributed by atoms with Crippen LogP contribution in [-0.4, -0.2) is 85.8 Å². The molecule has 0 saturated heterocycles. The van der Waals surface area contributed by atoms with Gasteiger partial charge in [-0.05, 0) is 68.6 Å². The van der Waals surface area contributed by atoms with Gasteiger partial charge in [0.25, 0.3) is 0 Å². The summed E-state index contributed by atoms with van der Waals surface area (Å²) in [5.41, 5.74) is -5.00. The minimum Gasteiger partial charge on any atom is -0.393 e. The maximum Gasteiger partial charge on any atom is 0.397 e. The summed E-state index contributed by atoms with van der Waals surface area (Å²) >= 11 is 0. The Hall–Kier alpha value is -0.630. The van der Waals surface area contributed by atoms with E-state index in [1.54, 1.807) is 6.08 Å². The average Bonchev–Trinajstić information content (AvgIpc) is 3.01. The van der Waals surface area contributed by atoms with E-state index in [-0.39, 0.29) is 37.2 Å². The summed E-state index contributed by atoms with van der Waals surface area (Å²) in [4.78, 5) is 0. The molecule has 10 nitrogen and oxygen atoms in total. The van der Waals surface area contributed by atoms with Gasteiger partial charge in [0.1, 0.15) is 17.3 Å². The van der Waals surface area contributed by atoms with Gasteiger partial charge in [0.05, 0.1) is 24.9 Å². The Morgan fingerprint density at radius 1 is 1.08 bits per heavy atom. The van der Waals surface area contributed by atoms with Gasteiger partial charge >= 0.3 is 10.4 Å². The number of hydrogen-bond donors (Lipinski definition) is 7. The third kappa shape index (κ3) is 4.28. The highest BCUT2D eigenvalue weighted by atomic mass is 32.3. The van der Waals surface area contributed by atoms with E-state index in [4.69, 9.17) is 9.29 Å². The number of allylic oxidation sites excluding steroid dienone is 1. The van der Waals surface area contributed by atoms with Crippen LogP contribution in [0.3, 0.4) is 0 Å². The molecule has 4 aliphatic rings. The molecule has 0 aromatic rings. The second-order valence-electron chi connectivity index (χ2n) is 12.0. The topological polar surface area (TPSA) is 185 Å². The lowest BCUT2D eigenvalue weighted by Crippen LogP contribution is -2.77. The van der Waals surface area contributed by atoms with Crippen molar-refractivity contribution in [3.8, 4) is 0 Å². The van der Waals surface area contributed by atoms with Crippen molar-refractivity contribution in [2.24, 2.45) is 35.0 Å². The molecule has 11 heteroatoms. The number of rotatable bonds is 7. The monoisotopic (exact) mass is 534 g/mol. The average molecular weight is 535 g/mol. The Labute approximate surface area is 213 Å². The van der Waals surface area contributed by atoms with Crippen molar-refractivity contribution in [3.05, 3.63) is 12.2 Å². The zero-order valence-electron chi connectivity index (χ0n) is 21.0. The molecule has 0 bridgehead atoms. The lowest BCUT2D eigenvalue weighted by atomic mass is 9.44. The molecule has 12 unspecified atom stereocenters. The fraction of sp³-hybridized carbons (Fsp3) is 0.920. The minimum absolute atomic E-state index is 0.00655. The minimum atomic E-state index is -4.96. The normalized spacial score (nSPS) is 49.9. The summed E-state index contributed by atoms with van der Waals surface area (Å²) in [6.07, 6.45) is 1.59. The SMILES string of the molecule is CC(CC/C=C/CO)C1CC(OS(=O)(=O)O)C2(O)C1(C)CCC1C3CCC(O)C(O)C3C(O)CC12O. The summed E-state index contributed by atoms with van der Waals surface area (Å²) in [6.45, 7) is 3.76. The summed E-state index contributed by atoms with van der Waals surface area (Å²) in [5, 5.41) is 65.7. The van der Waals surface area contributed by atoms with Crippen molar-refractivity contribution in [1.82, 2.24) is 0 Å². The molecule has 12 atom stereocenters. The standard InChI is InChI=1S/C25H42O10S/c1-14(6-4-3-5-11-26)17-12-20(35-36(32,33)34)25(31)23(17,2)10-9-16-15-7-8-18(27)22(29)21(15)19(28)13-24(16,25)30/h3,5,14-22,26-31H,4,6-13H2,1-2H3,(H,32,33,34)/b5-3+. The Kier molecular flexibility index (Phi) is 7.76. The van der Waals surface area contributed by atoms with Crippen molar-refractivity contribution in [2.75, 3.05) is 6.61 Å². The van der Waals surface area contributed by atoms with Gasteiger partial charge in [-0.3, -0.25) is 4.55 Å². The first-order chi connectivity index (χ1) is 16.7. The molecular formula is C25H42O10S. The van der Waals surface area contributed by atoms with Crippen LogP contribution in [0.25, 0.3) is 0 Å². The highest BCUT2D eigenvalue weighted by Gasteiger charge is 2.77. The van der Waals surface area contributed by atoms with E-state index < -0.39 is 63.3 Å². The van der Waals surface area contributed by atoms with E-state index in [2.05, 4.69) is 0 Å². The van der Waals surface area contributed by atoms with Crippen LogP contribution in [0, 0.1) is 35.0 Å².